The molecular formula is C42H39Cl2N3O10. The van der Waals surface area contributed by atoms with E-state index in [-0.39, 0.29) is 43.2 Å². The first-order valence-electron chi connectivity index (χ1n) is 18.4. The maximum atomic E-state index is 13.6. The number of aryl methyl sites for hydroxylation is 1. The quantitative estimate of drug-likeness (QED) is 0.102. The summed E-state index contributed by atoms with van der Waals surface area (Å²) in [6.45, 7) is 2.27. The molecule has 4 atom stereocenters. The van der Waals surface area contributed by atoms with E-state index in [1.165, 1.54) is 11.7 Å². The smallest absolute Gasteiger partial charge is 0.310 e. The molecule has 296 valence electrons. The fourth-order valence-electron chi connectivity index (χ4n) is 8.15. The number of fused-ring (bicyclic) bond motifs is 4. The number of benzene rings is 4. The van der Waals surface area contributed by atoms with Crippen LogP contribution in [0.1, 0.15) is 53.7 Å². The lowest BCUT2D eigenvalue weighted by Crippen LogP contribution is -2.42. The van der Waals surface area contributed by atoms with Crippen LogP contribution in [0.5, 0.6) is 34.5 Å². The Kier molecular flexibility index (Phi) is 10.5. The molecule has 1 amide bonds. The molecule has 3 heterocycles. The second-order valence-corrected chi connectivity index (χ2v) is 14.8. The maximum Gasteiger partial charge on any atom is 0.310 e. The molecule has 5 aromatic rings. The van der Waals surface area contributed by atoms with Crippen LogP contribution < -0.4 is 39.3 Å². The topological polar surface area (TPSA) is 146 Å². The molecular weight excluding hydrogens is 777 g/mol. The van der Waals surface area contributed by atoms with E-state index in [0.29, 0.717) is 86.4 Å². The molecule has 4 aromatic carbocycles. The molecule has 3 aliphatic rings. The average Bonchev–Trinajstić information content (AvgIpc) is 3.84. The van der Waals surface area contributed by atoms with E-state index in [9.17, 15) is 14.4 Å². The van der Waals surface area contributed by atoms with Gasteiger partial charge in [0.1, 0.15) is 11.6 Å². The first kappa shape index (κ1) is 38.2. The third-order valence-corrected chi connectivity index (χ3v) is 11.5. The highest BCUT2D eigenvalue weighted by Crippen LogP contribution is 2.55. The number of rotatable bonds is 12. The number of carbonyl (C=O) groups excluding carboxylic acids is 2. The molecule has 1 saturated heterocycles. The normalized spacial score (nSPS) is 19.1. The molecule has 8 rings (SSSR count). The van der Waals surface area contributed by atoms with E-state index in [4.69, 9.17) is 56.4 Å². The van der Waals surface area contributed by atoms with E-state index in [0.717, 1.165) is 16.7 Å². The van der Waals surface area contributed by atoms with Crippen LogP contribution in [0.4, 0.5) is 0 Å². The number of ether oxygens (including phenoxy) is 7. The summed E-state index contributed by atoms with van der Waals surface area (Å²) in [5.41, 5.74) is 3.20. The number of hydrogen-bond acceptors (Lipinski definition) is 11. The summed E-state index contributed by atoms with van der Waals surface area (Å²) in [6.07, 6.45) is 1.32. The van der Waals surface area contributed by atoms with Gasteiger partial charge in [0, 0.05) is 18.3 Å². The van der Waals surface area contributed by atoms with Crippen molar-refractivity contribution in [3.8, 4) is 40.2 Å². The lowest BCUT2D eigenvalue weighted by Gasteiger charge is -2.39. The number of amides is 1. The fourth-order valence-corrected chi connectivity index (χ4v) is 8.44. The van der Waals surface area contributed by atoms with E-state index >= 15 is 0 Å². The highest BCUT2D eigenvalue weighted by Gasteiger charge is 2.53. The van der Waals surface area contributed by atoms with Crippen LogP contribution in [0.25, 0.3) is 16.6 Å². The summed E-state index contributed by atoms with van der Waals surface area (Å²) in [6, 6.07) is 17.1. The van der Waals surface area contributed by atoms with Gasteiger partial charge in [0.15, 0.2) is 23.0 Å². The first-order valence-corrected chi connectivity index (χ1v) is 19.2. The second kappa shape index (κ2) is 15.7. The van der Waals surface area contributed by atoms with E-state index < -0.39 is 17.9 Å². The Morgan fingerprint density at radius 2 is 1.61 bits per heavy atom. The number of unbranched alkanes of at least 4 members (excludes halogenated alkanes) is 1. The summed E-state index contributed by atoms with van der Waals surface area (Å²) >= 11 is 12.3. The van der Waals surface area contributed by atoms with Gasteiger partial charge in [-0.25, -0.2) is 4.98 Å². The van der Waals surface area contributed by atoms with Gasteiger partial charge in [-0.2, -0.15) is 0 Å². The predicted molar refractivity (Wildman–Crippen MR) is 211 cm³/mol. The molecule has 0 radical (unpaired) electrons. The molecule has 57 heavy (non-hydrogen) atoms. The van der Waals surface area contributed by atoms with Crippen molar-refractivity contribution >= 4 is 46.0 Å². The van der Waals surface area contributed by atoms with Crippen LogP contribution in [-0.2, 0) is 14.3 Å². The summed E-state index contributed by atoms with van der Waals surface area (Å²) in [5, 5.41) is 4.32. The molecule has 0 unspecified atom stereocenters. The van der Waals surface area contributed by atoms with Crippen molar-refractivity contribution in [3.63, 3.8) is 0 Å². The lowest BCUT2D eigenvalue weighted by molar-refractivity contribution is -0.141. The molecule has 13 nitrogen and oxygen atoms in total. The van der Waals surface area contributed by atoms with Crippen LogP contribution >= 0.6 is 23.2 Å². The maximum absolute atomic E-state index is 13.6. The molecule has 15 heteroatoms. The Balaban J connectivity index is 0.976. The van der Waals surface area contributed by atoms with E-state index in [1.54, 1.807) is 57.5 Å². The summed E-state index contributed by atoms with van der Waals surface area (Å²) in [4.78, 5) is 45.4. The molecule has 0 spiro atoms. The van der Waals surface area contributed by atoms with Gasteiger partial charge in [-0.05, 0) is 97.1 Å². The Hall–Kier alpha value is -5.66. The monoisotopic (exact) mass is 815 g/mol. The van der Waals surface area contributed by atoms with Crippen LogP contribution in [0.2, 0.25) is 10.0 Å². The largest absolute Gasteiger partial charge is 0.494 e. The lowest BCUT2D eigenvalue weighted by atomic mass is 9.65. The van der Waals surface area contributed by atoms with Gasteiger partial charge >= 0.3 is 5.97 Å². The fraction of sp³-hybridized carbons (Fsp3) is 0.333. The number of hydrogen-bond donors (Lipinski definition) is 1. The minimum Gasteiger partial charge on any atom is -0.494 e. The Morgan fingerprint density at radius 3 is 2.32 bits per heavy atom. The van der Waals surface area contributed by atoms with Crippen molar-refractivity contribution < 1.29 is 42.7 Å². The third-order valence-electron chi connectivity index (χ3n) is 10.8. The second-order valence-electron chi connectivity index (χ2n) is 14.0. The highest BCUT2D eigenvalue weighted by molar-refractivity contribution is 6.42. The SMILES string of the molecule is COc1cc([C@@H]2c3cc4c(cc3[C@@H](NC(=O)CCCCOc3ccc5nc(C)n(-c6ccc(Cl)c(Cl)c6)c(=O)c5c3)[C@H]3COC(=O)[C@H]23)OCO4)cc(OC)c1OC. The van der Waals surface area contributed by atoms with Crippen LogP contribution in [0.15, 0.2) is 65.5 Å². The van der Waals surface area contributed by atoms with E-state index in [1.807, 2.05) is 24.3 Å². The number of esters is 1. The van der Waals surface area contributed by atoms with Gasteiger partial charge < -0.3 is 38.5 Å². The zero-order chi connectivity index (χ0) is 40.0. The molecule has 1 fully saturated rings. The third kappa shape index (κ3) is 7.03. The van der Waals surface area contributed by atoms with Crippen LogP contribution in [0.3, 0.4) is 0 Å². The van der Waals surface area contributed by atoms with Crippen molar-refractivity contribution in [2.24, 2.45) is 11.8 Å². The first-order chi connectivity index (χ1) is 27.6. The molecule has 1 N–H and O–H groups in total. The van der Waals surface area contributed by atoms with Gasteiger partial charge in [-0.3, -0.25) is 19.0 Å². The van der Waals surface area contributed by atoms with Crippen LogP contribution in [-0.4, -0.2) is 62.8 Å². The highest BCUT2D eigenvalue weighted by atomic mass is 35.5. The molecule has 2 aliphatic heterocycles. The summed E-state index contributed by atoms with van der Waals surface area (Å²) < 4.78 is 41.6. The van der Waals surface area contributed by atoms with Crippen LogP contribution in [0, 0.1) is 18.8 Å². The zero-order valence-electron chi connectivity index (χ0n) is 31.6. The van der Waals surface area contributed by atoms with E-state index in [2.05, 4.69) is 10.3 Å². The van der Waals surface area contributed by atoms with Gasteiger partial charge in [0.2, 0.25) is 18.4 Å². The number of halogens is 2. The number of methoxy groups -OCH3 is 3. The minimum atomic E-state index is -0.617. The number of cyclic esters (lactones) is 1. The van der Waals surface area contributed by atoms with Crippen molar-refractivity contribution in [2.45, 2.75) is 38.1 Å². The van der Waals surface area contributed by atoms with Gasteiger partial charge in [0.25, 0.3) is 5.56 Å². The van der Waals surface area contributed by atoms with Gasteiger partial charge in [-0.15, -0.1) is 0 Å². The molecule has 0 saturated carbocycles. The van der Waals surface area contributed by atoms with Gasteiger partial charge in [-0.1, -0.05) is 23.2 Å². The molecule has 1 aromatic heterocycles. The summed E-state index contributed by atoms with van der Waals surface area (Å²) in [5.74, 6) is 1.47. The van der Waals surface area contributed by atoms with Crippen molar-refractivity contribution in [1.29, 1.82) is 0 Å². The number of carbonyl (C=O) groups is 2. The Morgan fingerprint density at radius 1 is 0.877 bits per heavy atom. The number of nitrogens with one attached hydrogen (secondary N) is 1. The minimum absolute atomic E-state index is 0.0631. The Labute approximate surface area is 337 Å². The van der Waals surface area contributed by atoms with Gasteiger partial charge in [0.05, 0.1) is 73.1 Å². The Bertz CT molecular complexity index is 2450. The molecule has 0 bridgehead atoms. The molecule has 1 aliphatic carbocycles. The predicted octanol–water partition coefficient (Wildman–Crippen LogP) is 7.10. The average molecular weight is 817 g/mol. The number of nitrogens with zero attached hydrogens (tertiary/aromatic N) is 2. The summed E-state index contributed by atoms with van der Waals surface area (Å²) in [7, 11) is 4.61. The number of aromatic nitrogens is 2. The standard InChI is InChI=1S/C42H39Cl2N3O10/c1-21-45-31-11-9-24(16-27(31)41(49)47(21)23-8-10-29(43)30(44)15-23)54-12-6-5-7-36(48)46-39-26-18-33-32(56-20-57-33)17-25(26)37(38-28(39)19-55-42(38)50)22-13-34(51-2)40(53-4)35(14-22)52-3/h8-11,13-18,28,37-39H,5-7,12,19-20H2,1-4H3,(H,46,48)/t28-,37+,38-,39+/m0/s1. The zero-order valence-corrected chi connectivity index (χ0v) is 33.1. The van der Waals surface area contributed by atoms with Crippen molar-refractivity contribution in [3.05, 3.63) is 104 Å². The van der Waals surface area contributed by atoms with Crippen molar-refractivity contribution in [1.82, 2.24) is 14.9 Å². The van der Waals surface area contributed by atoms with Crippen molar-refractivity contribution in [2.75, 3.05) is 41.3 Å².